The van der Waals surface area contributed by atoms with Crippen molar-refractivity contribution >= 4 is 28.8 Å². The largest absolute Gasteiger partial charge is 0.382 e. The zero-order valence-electron chi connectivity index (χ0n) is 13.6. The molecule has 0 spiro atoms. The predicted octanol–water partition coefficient (Wildman–Crippen LogP) is 0.472. The Morgan fingerprint density at radius 3 is 2.42 bits per heavy atom. The van der Waals surface area contributed by atoms with Gasteiger partial charge in [-0.2, -0.15) is 0 Å². The van der Waals surface area contributed by atoms with Gasteiger partial charge >= 0.3 is 0 Å². The molecule has 2 aromatic heterocycles. The van der Waals surface area contributed by atoms with Crippen molar-refractivity contribution in [1.82, 2.24) is 24.4 Å². The van der Waals surface area contributed by atoms with E-state index >= 15 is 0 Å². The number of fused-ring (bicyclic) bond motifs is 2. The van der Waals surface area contributed by atoms with Crippen molar-refractivity contribution in [2.75, 3.05) is 12.3 Å². The van der Waals surface area contributed by atoms with Crippen LogP contribution in [0.4, 0.5) is 5.82 Å². The van der Waals surface area contributed by atoms with E-state index in [2.05, 4.69) is 15.0 Å². The van der Waals surface area contributed by atoms with E-state index in [1.807, 2.05) is 4.57 Å². The Morgan fingerprint density at radius 2 is 1.69 bits per heavy atom. The predicted molar refractivity (Wildman–Crippen MR) is 90.2 cm³/mol. The number of carbonyl (C=O) groups excluding carboxylic acids is 2. The van der Waals surface area contributed by atoms with Crippen LogP contribution in [-0.4, -0.2) is 55.0 Å². The van der Waals surface area contributed by atoms with E-state index in [9.17, 15) is 9.59 Å². The van der Waals surface area contributed by atoms with Gasteiger partial charge in [0, 0.05) is 0 Å². The van der Waals surface area contributed by atoms with Crippen LogP contribution in [0.2, 0.25) is 0 Å². The van der Waals surface area contributed by atoms with Crippen molar-refractivity contribution in [1.29, 1.82) is 0 Å². The van der Waals surface area contributed by atoms with Crippen LogP contribution < -0.4 is 5.73 Å². The van der Waals surface area contributed by atoms with E-state index in [1.54, 1.807) is 30.6 Å². The number of imidazole rings is 1. The molecule has 2 atom stereocenters. The first kappa shape index (κ1) is 15.0. The normalized spacial score (nSPS) is 21.5. The summed E-state index contributed by atoms with van der Waals surface area (Å²) in [6.07, 6.45) is 2.71. The molecule has 2 amide bonds. The van der Waals surface area contributed by atoms with E-state index in [0.717, 1.165) is 0 Å². The Morgan fingerprint density at radius 1 is 1.00 bits per heavy atom. The fourth-order valence-corrected chi connectivity index (χ4v) is 3.31. The molecule has 130 valence electrons. The lowest BCUT2D eigenvalue weighted by molar-refractivity contribution is 0.0642. The van der Waals surface area contributed by atoms with E-state index in [1.165, 1.54) is 11.2 Å². The lowest BCUT2D eigenvalue weighted by Gasteiger charge is -2.11. The topological polar surface area (TPSA) is 120 Å². The van der Waals surface area contributed by atoms with Gasteiger partial charge in [-0.15, -0.1) is 0 Å². The monoisotopic (exact) mass is 350 g/mol. The number of carbonyl (C=O) groups is 2. The van der Waals surface area contributed by atoms with Gasteiger partial charge in [-0.25, -0.2) is 15.0 Å². The van der Waals surface area contributed by atoms with Crippen molar-refractivity contribution in [3.05, 3.63) is 48.0 Å². The fourth-order valence-electron chi connectivity index (χ4n) is 3.31. The Kier molecular flexibility index (Phi) is 3.07. The van der Waals surface area contributed by atoms with Gasteiger partial charge in [0.05, 0.1) is 30.5 Å². The molecule has 3 aromatic rings. The summed E-state index contributed by atoms with van der Waals surface area (Å²) in [6.45, 7) is 0.752. The summed E-state index contributed by atoms with van der Waals surface area (Å²) in [7, 11) is 0. The minimum absolute atomic E-state index is 0.118. The van der Waals surface area contributed by atoms with Crippen molar-refractivity contribution < 1.29 is 14.3 Å². The summed E-state index contributed by atoms with van der Waals surface area (Å²) in [5, 5.41) is 0. The van der Waals surface area contributed by atoms with Crippen LogP contribution in [-0.2, 0) is 11.3 Å². The van der Waals surface area contributed by atoms with Crippen LogP contribution in [0, 0.1) is 0 Å². The third-order valence-corrected chi connectivity index (χ3v) is 4.73. The van der Waals surface area contributed by atoms with Gasteiger partial charge < -0.3 is 15.0 Å². The number of nitrogen functional groups attached to an aromatic ring is 1. The molecule has 2 aliphatic rings. The number of rotatable bonds is 4. The Hall–Kier alpha value is -3.33. The molecule has 2 unspecified atom stereocenters. The minimum Gasteiger partial charge on any atom is -0.382 e. The summed E-state index contributed by atoms with van der Waals surface area (Å²) < 4.78 is 7.49. The van der Waals surface area contributed by atoms with Gasteiger partial charge in [-0.3, -0.25) is 14.5 Å². The standard InChI is InChI=1S/C17H14N6O3/c18-14-13-15(20-7-19-14)22(8-21-13)5-11-12(26-11)6-23-16(24)9-3-1-2-4-10(9)17(23)25/h1-4,7-8,11-12H,5-6H2,(H2,18,19,20). The summed E-state index contributed by atoms with van der Waals surface area (Å²) in [4.78, 5) is 38.4. The summed E-state index contributed by atoms with van der Waals surface area (Å²) in [6, 6.07) is 6.84. The van der Waals surface area contributed by atoms with E-state index in [-0.39, 0.29) is 30.6 Å². The van der Waals surface area contributed by atoms with Gasteiger partial charge in [0.15, 0.2) is 11.5 Å². The first-order valence-electron chi connectivity index (χ1n) is 8.15. The third-order valence-electron chi connectivity index (χ3n) is 4.73. The van der Waals surface area contributed by atoms with Crippen LogP contribution in [0.5, 0.6) is 0 Å². The molecule has 0 radical (unpaired) electrons. The second-order valence-corrected chi connectivity index (χ2v) is 6.31. The quantitative estimate of drug-likeness (QED) is 0.536. The molecular formula is C17H14N6O3. The van der Waals surface area contributed by atoms with Crippen LogP contribution in [0.25, 0.3) is 11.2 Å². The Bertz CT molecular complexity index is 1030. The number of hydrogen-bond donors (Lipinski definition) is 1. The van der Waals surface area contributed by atoms with E-state index in [0.29, 0.717) is 34.7 Å². The van der Waals surface area contributed by atoms with Crippen molar-refractivity contribution in [2.45, 2.75) is 18.8 Å². The summed E-state index contributed by atoms with van der Waals surface area (Å²) in [5.41, 5.74) is 7.86. The van der Waals surface area contributed by atoms with E-state index < -0.39 is 0 Å². The molecule has 2 aliphatic heterocycles. The molecular weight excluding hydrogens is 336 g/mol. The van der Waals surface area contributed by atoms with Crippen LogP contribution >= 0.6 is 0 Å². The zero-order chi connectivity index (χ0) is 17.8. The number of benzene rings is 1. The number of nitrogens with two attached hydrogens (primary N) is 1. The molecule has 5 rings (SSSR count). The molecule has 0 saturated carbocycles. The van der Waals surface area contributed by atoms with Gasteiger partial charge in [0.1, 0.15) is 24.1 Å². The Balaban J connectivity index is 1.29. The fraction of sp³-hybridized carbons (Fsp3) is 0.235. The highest BCUT2D eigenvalue weighted by Gasteiger charge is 2.45. The molecule has 26 heavy (non-hydrogen) atoms. The molecule has 0 aliphatic carbocycles. The average molecular weight is 350 g/mol. The molecule has 9 nitrogen and oxygen atoms in total. The van der Waals surface area contributed by atoms with Gasteiger partial charge in [-0.1, -0.05) is 12.1 Å². The lowest BCUT2D eigenvalue weighted by atomic mass is 10.1. The highest BCUT2D eigenvalue weighted by atomic mass is 16.6. The number of imide groups is 1. The number of hydrogen-bond acceptors (Lipinski definition) is 7. The molecule has 9 heteroatoms. The summed E-state index contributed by atoms with van der Waals surface area (Å²) in [5.74, 6) is -0.213. The van der Waals surface area contributed by atoms with Gasteiger partial charge in [0.25, 0.3) is 11.8 Å². The van der Waals surface area contributed by atoms with Crippen LogP contribution in [0.3, 0.4) is 0 Å². The second-order valence-electron chi connectivity index (χ2n) is 6.31. The summed E-state index contributed by atoms with van der Waals surface area (Å²) >= 11 is 0. The molecule has 4 heterocycles. The highest BCUT2D eigenvalue weighted by Crippen LogP contribution is 2.30. The number of nitrogens with zero attached hydrogens (tertiary/aromatic N) is 5. The number of epoxide rings is 1. The maximum absolute atomic E-state index is 12.4. The molecule has 0 bridgehead atoms. The lowest BCUT2D eigenvalue weighted by Crippen LogP contribution is -2.34. The molecule has 2 N–H and O–H groups in total. The van der Waals surface area contributed by atoms with Gasteiger partial charge in [0.2, 0.25) is 0 Å². The first-order valence-corrected chi connectivity index (χ1v) is 8.15. The molecule has 1 saturated heterocycles. The maximum Gasteiger partial charge on any atom is 0.261 e. The van der Waals surface area contributed by atoms with Crippen LogP contribution in [0.15, 0.2) is 36.9 Å². The first-order chi connectivity index (χ1) is 12.6. The van der Waals surface area contributed by atoms with Crippen molar-refractivity contribution in [3.63, 3.8) is 0 Å². The number of anilines is 1. The maximum atomic E-state index is 12.4. The number of amides is 2. The molecule has 1 aromatic carbocycles. The van der Waals surface area contributed by atoms with Crippen molar-refractivity contribution in [3.8, 4) is 0 Å². The zero-order valence-corrected chi connectivity index (χ0v) is 13.6. The number of ether oxygens (including phenoxy) is 1. The Labute approximate surface area is 147 Å². The highest BCUT2D eigenvalue weighted by molar-refractivity contribution is 6.21. The average Bonchev–Trinajstić information content (AvgIpc) is 3.18. The van der Waals surface area contributed by atoms with E-state index in [4.69, 9.17) is 10.5 Å². The SMILES string of the molecule is Nc1ncnc2c1ncn2CC1OC1CN1C(=O)c2ccccc2C1=O. The minimum atomic E-state index is -0.270. The van der Waals surface area contributed by atoms with Crippen LogP contribution in [0.1, 0.15) is 20.7 Å². The van der Waals surface area contributed by atoms with Gasteiger partial charge in [-0.05, 0) is 12.1 Å². The number of aromatic nitrogens is 4. The molecule has 1 fully saturated rings. The second kappa shape index (κ2) is 5.33. The third kappa shape index (κ3) is 2.17. The smallest absolute Gasteiger partial charge is 0.261 e. The van der Waals surface area contributed by atoms with Crippen molar-refractivity contribution in [2.24, 2.45) is 0 Å².